The van der Waals surface area contributed by atoms with Gasteiger partial charge in [-0.3, -0.25) is 4.99 Å². The molecule has 1 aliphatic rings. The van der Waals surface area contributed by atoms with Gasteiger partial charge in [-0.1, -0.05) is 6.92 Å². The maximum Gasteiger partial charge on any atom is 0.158 e. The summed E-state index contributed by atoms with van der Waals surface area (Å²) in [6.07, 6.45) is 1.70. The standard InChI is InChI=1S/C11H13NO2/c1-2-9-8-6-11(14)10(13)5-7(8)3-4-12-9/h5-6,13-14H,2-4H2,1H3. The lowest BCUT2D eigenvalue weighted by molar-refractivity contribution is 0.403. The fraction of sp³-hybridized carbons (Fsp3) is 0.364. The average molecular weight is 191 g/mol. The smallest absolute Gasteiger partial charge is 0.158 e. The first-order valence-electron chi connectivity index (χ1n) is 4.81. The molecule has 74 valence electrons. The minimum absolute atomic E-state index is 0.0406. The SMILES string of the molecule is CCC1=NCCc2cc(O)c(O)cc21. The van der Waals surface area contributed by atoms with Gasteiger partial charge in [0.15, 0.2) is 11.5 Å². The van der Waals surface area contributed by atoms with Crippen molar-refractivity contribution in [2.45, 2.75) is 19.8 Å². The number of rotatable bonds is 1. The van der Waals surface area contributed by atoms with Crippen LogP contribution in [-0.4, -0.2) is 22.5 Å². The molecule has 0 saturated carbocycles. The van der Waals surface area contributed by atoms with E-state index in [1.54, 1.807) is 12.1 Å². The van der Waals surface area contributed by atoms with E-state index in [1.807, 2.05) is 6.92 Å². The molecule has 0 atom stereocenters. The predicted molar refractivity (Wildman–Crippen MR) is 55.2 cm³/mol. The molecule has 3 nitrogen and oxygen atoms in total. The first kappa shape index (κ1) is 9.06. The zero-order chi connectivity index (χ0) is 10.1. The maximum atomic E-state index is 9.38. The molecule has 0 unspecified atom stereocenters. The molecule has 0 bridgehead atoms. The van der Waals surface area contributed by atoms with Gasteiger partial charge in [0.25, 0.3) is 0 Å². The predicted octanol–water partition coefficient (Wildman–Crippen LogP) is 1.85. The van der Waals surface area contributed by atoms with Crippen LogP contribution in [0, 0.1) is 0 Å². The summed E-state index contributed by atoms with van der Waals surface area (Å²) in [7, 11) is 0. The normalized spacial score (nSPS) is 14.8. The molecule has 2 N–H and O–H groups in total. The van der Waals surface area contributed by atoms with Crippen molar-refractivity contribution in [3.8, 4) is 11.5 Å². The summed E-state index contributed by atoms with van der Waals surface area (Å²) < 4.78 is 0. The van der Waals surface area contributed by atoms with Gasteiger partial charge < -0.3 is 10.2 Å². The van der Waals surface area contributed by atoms with Crippen LogP contribution in [0.15, 0.2) is 17.1 Å². The zero-order valence-electron chi connectivity index (χ0n) is 8.12. The van der Waals surface area contributed by atoms with Crippen molar-refractivity contribution in [1.82, 2.24) is 0 Å². The Hall–Kier alpha value is -1.51. The van der Waals surface area contributed by atoms with Crippen LogP contribution < -0.4 is 0 Å². The molecule has 0 aromatic heterocycles. The van der Waals surface area contributed by atoms with Crippen LogP contribution in [0.25, 0.3) is 0 Å². The summed E-state index contributed by atoms with van der Waals surface area (Å²) in [6.45, 7) is 2.82. The van der Waals surface area contributed by atoms with Crippen LogP contribution in [-0.2, 0) is 6.42 Å². The quantitative estimate of drug-likeness (QED) is 0.665. The van der Waals surface area contributed by atoms with Gasteiger partial charge in [0.1, 0.15) is 0 Å². The Morgan fingerprint density at radius 2 is 2.00 bits per heavy atom. The van der Waals surface area contributed by atoms with Crippen LogP contribution >= 0.6 is 0 Å². The molecule has 0 spiro atoms. The Balaban J connectivity index is 2.56. The minimum Gasteiger partial charge on any atom is -0.504 e. The molecule has 0 radical (unpaired) electrons. The number of phenolic OH excluding ortho intramolecular Hbond substituents is 2. The molecule has 1 aromatic carbocycles. The summed E-state index contributed by atoms with van der Waals surface area (Å²) >= 11 is 0. The van der Waals surface area contributed by atoms with E-state index in [0.717, 1.165) is 36.2 Å². The molecule has 0 amide bonds. The van der Waals surface area contributed by atoms with Gasteiger partial charge in [-0.2, -0.15) is 0 Å². The molecular weight excluding hydrogens is 178 g/mol. The topological polar surface area (TPSA) is 52.8 Å². The lowest BCUT2D eigenvalue weighted by Crippen LogP contribution is -2.11. The minimum atomic E-state index is -0.0631. The highest BCUT2D eigenvalue weighted by molar-refractivity contribution is 6.02. The van der Waals surface area contributed by atoms with Gasteiger partial charge in [-0.15, -0.1) is 0 Å². The van der Waals surface area contributed by atoms with E-state index in [-0.39, 0.29) is 11.5 Å². The second-order valence-electron chi connectivity index (χ2n) is 3.43. The van der Waals surface area contributed by atoms with Crippen LogP contribution in [0.2, 0.25) is 0 Å². The Bertz CT molecular complexity index is 397. The first-order valence-corrected chi connectivity index (χ1v) is 4.81. The number of fused-ring (bicyclic) bond motifs is 1. The molecule has 0 saturated heterocycles. The molecular formula is C11H13NO2. The second-order valence-corrected chi connectivity index (χ2v) is 3.43. The van der Waals surface area contributed by atoms with Gasteiger partial charge in [0, 0.05) is 17.8 Å². The molecule has 3 heteroatoms. The molecule has 2 rings (SSSR count). The van der Waals surface area contributed by atoms with Crippen molar-refractivity contribution >= 4 is 5.71 Å². The van der Waals surface area contributed by atoms with E-state index in [0.29, 0.717) is 0 Å². The Morgan fingerprint density at radius 1 is 1.29 bits per heavy atom. The molecule has 14 heavy (non-hydrogen) atoms. The summed E-state index contributed by atoms with van der Waals surface area (Å²) in [4.78, 5) is 4.38. The van der Waals surface area contributed by atoms with E-state index in [1.165, 1.54) is 0 Å². The summed E-state index contributed by atoms with van der Waals surface area (Å²) in [5.41, 5.74) is 3.07. The number of benzene rings is 1. The third-order valence-corrected chi connectivity index (χ3v) is 2.53. The molecule has 1 aromatic rings. The monoisotopic (exact) mass is 191 g/mol. The summed E-state index contributed by atoms with van der Waals surface area (Å²) in [6, 6.07) is 3.24. The van der Waals surface area contributed by atoms with Crippen LogP contribution in [0.3, 0.4) is 0 Å². The lowest BCUT2D eigenvalue weighted by atomic mass is 9.95. The Kier molecular flexibility index (Phi) is 2.15. The Morgan fingerprint density at radius 3 is 2.71 bits per heavy atom. The van der Waals surface area contributed by atoms with Crippen LogP contribution in [0.4, 0.5) is 0 Å². The largest absolute Gasteiger partial charge is 0.504 e. The summed E-state index contributed by atoms with van der Waals surface area (Å²) in [5.74, 6) is -0.104. The van der Waals surface area contributed by atoms with Gasteiger partial charge >= 0.3 is 0 Å². The van der Waals surface area contributed by atoms with Crippen molar-refractivity contribution in [3.63, 3.8) is 0 Å². The highest BCUT2D eigenvalue weighted by Crippen LogP contribution is 2.30. The maximum absolute atomic E-state index is 9.38. The fourth-order valence-corrected chi connectivity index (χ4v) is 1.79. The second kappa shape index (κ2) is 3.33. The van der Waals surface area contributed by atoms with Gasteiger partial charge in [-0.05, 0) is 30.5 Å². The van der Waals surface area contributed by atoms with Gasteiger partial charge in [0.05, 0.1) is 0 Å². The number of hydrogen-bond donors (Lipinski definition) is 2. The number of nitrogens with zero attached hydrogens (tertiary/aromatic N) is 1. The van der Waals surface area contributed by atoms with Crippen molar-refractivity contribution in [2.24, 2.45) is 4.99 Å². The van der Waals surface area contributed by atoms with Gasteiger partial charge in [0.2, 0.25) is 0 Å². The fourth-order valence-electron chi connectivity index (χ4n) is 1.79. The van der Waals surface area contributed by atoms with E-state index in [4.69, 9.17) is 0 Å². The van der Waals surface area contributed by atoms with Crippen LogP contribution in [0.1, 0.15) is 24.5 Å². The molecule has 0 aliphatic carbocycles. The van der Waals surface area contributed by atoms with Crippen molar-refractivity contribution in [3.05, 3.63) is 23.3 Å². The zero-order valence-corrected chi connectivity index (χ0v) is 8.12. The van der Waals surface area contributed by atoms with E-state index in [2.05, 4.69) is 4.99 Å². The van der Waals surface area contributed by atoms with E-state index in [9.17, 15) is 10.2 Å². The van der Waals surface area contributed by atoms with Crippen LogP contribution in [0.5, 0.6) is 11.5 Å². The molecule has 1 aliphatic heterocycles. The van der Waals surface area contributed by atoms with Gasteiger partial charge in [-0.25, -0.2) is 0 Å². The summed E-state index contributed by atoms with van der Waals surface area (Å²) in [5, 5.41) is 18.7. The highest BCUT2D eigenvalue weighted by atomic mass is 16.3. The molecule has 1 heterocycles. The molecule has 0 fully saturated rings. The first-order chi connectivity index (χ1) is 6.72. The lowest BCUT2D eigenvalue weighted by Gasteiger charge is -2.16. The number of aromatic hydroxyl groups is 2. The number of hydrogen-bond acceptors (Lipinski definition) is 3. The van der Waals surface area contributed by atoms with Crippen molar-refractivity contribution in [1.29, 1.82) is 0 Å². The number of phenols is 2. The third kappa shape index (κ3) is 1.35. The Labute approximate surface area is 82.7 Å². The third-order valence-electron chi connectivity index (χ3n) is 2.53. The highest BCUT2D eigenvalue weighted by Gasteiger charge is 2.15. The van der Waals surface area contributed by atoms with E-state index >= 15 is 0 Å². The van der Waals surface area contributed by atoms with E-state index < -0.39 is 0 Å². The van der Waals surface area contributed by atoms with Crippen molar-refractivity contribution < 1.29 is 10.2 Å². The van der Waals surface area contributed by atoms with Crippen molar-refractivity contribution in [2.75, 3.05) is 6.54 Å². The average Bonchev–Trinajstić information content (AvgIpc) is 2.19. The number of aliphatic imine (C=N–C) groups is 1.